The molecule has 1 aromatic heterocycles. The number of piperidine rings is 3. The van der Waals surface area contributed by atoms with Crippen LogP contribution in [0, 0.1) is 17.0 Å². The number of methoxy groups -OCH3 is 1. The van der Waals surface area contributed by atoms with Gasteiger partial charge in [-0.2, -0.15) is 5.10 Å². The molecular formula is C46H52F4N8O5. The monoisotopic (exact) mass is 872 g/mol. The number of carbonyl (C=O) groups excluding carboxylic acids is 3. The van der Waals surface area contributed by atoms with Crippen LogP contribution in [0.4, 0.5) is 23.2 Å². The number of likely N-dealkylation sites (tertiary alicyclic amines) is 1. The molecule has 3 N–H and O–H groups in total. The van der Waals surface area contributed by atoms with Gasteiger partial charge in [0, 0.05) is 91.6 Å². The third-order valence-electron chi connectivity index (χ3n) is 15.0. The van der Waals surface area contributed by atoms with Gasteiger partial charge in [-0.1, -0.05) is 6.07 Å². The second-order valence-electron chi connectivity index (χ2n) is 18.5. The molecule has 17 heteroatoms. The minimum absolute atomic E-state index is 0.0147. The first-order valence-electron chi connectivity index (χ1n) is 22.0. The number of fused-ring (bicyclic) bond motifs is 5. The molecular weight excluding hydrogens is 821 g/mol. The quantitative estimate of drug-likeness (QED) is 0.158. The molecule has 3 aromatic carbocycles. The molecule has 2 unspecified atom stereocenters. The molecule has 0 saturated carbocycles. The molecule has 3 amide bonds. The maximum absolute atomic E-state index is 16.4. The van der Waals surface area contributed by atoms with E-state index in [4.69, 9.17) is 4.74 Å². The van der Waals surface area contributed by atoms with E-state index >= 15 is 8.78 Å². The lowest BCUT2D eigenvalue weighted by atomic mass is 9.71. The van der Waals surface area contributed by atoms with Crippen LogP contribution in [0.1, 0.15) is 96.7 Å². The number of nitrogens with one attached hydrogen (secondary N) is 2. The fourth-order valence-electron chi connectivity index (χ4n) is 11.6. The molecule has 6 aliphatic heterocycles. The van der Waals surface area contributed by atoms with Crippen molar-refractivity contribution in [2.45, 2.75) is 102 Å². The van der Waals surface area contributed by atoms with Gasteiger partial charge in [0.2, 0.25) is 17.7 Å². The number of H-pyrrole nitrogens is 1. The topological polar surface area (TPSA) is 138 Å². The highest BCUT2D eigenvalue weighted by molar-refractivity contribution is 6.00. The number of imide groups is 1. The molecule has 6 aliphatic rings. The number of alkyl halides is 2. The molecule has 3 saturated heterocycles. The van der Waals surface area contributed by atoms with Gasteiger partial charge in [-0.25, -0.2) is 17.6 Å². The van der Waals surface area contributed by atoms with E-state index in [1.807, 2.05) is 22.8 Å². The van der Waals surface area contributed by atoms with Crippen molar-refractivity contribution in [3.05, 3.63) is 87.1 Å². The summed E-state index contributed by atoms with van der Waals surface area (Å²) in [5, 5.41) is 21.6. The molecule has 1 spiro atoms. The number of aromatic amines is 1. The summed E-state index contributed by atoms with van der Waals surface area (Å²) in [7, 11) is 1.59. The molecule has 4 aromatic rings. The molecule has 0 bridgehead atoms. The van der Waals surface area contributed by atoms with Crippen molar-refractivity contribution in [1.29, 1.82) is 0 Å². The Bertz CT molecular complexity index is 2460. The van der Waals surface area contributed by atoms with Crippen LogP contribution in [0.15, 0.2) is 36.5 Å². The lowest BCUT2D eigenvalue weighted by Crippen LogP contribution is -2.51. The number of rotatable bonds is 8. The van der Waals surface area contributed by atoms with Gasteiger partial charge in [0.15, 0.2) is 0 Å². The number of hydrogen-bond acceptors (Lipinski definition) is 10. The molecule has 7 heterocycles. The van der Waals surface area contributed by atoms with Crippen LogP contribution in [0.3, 0.4) is 0 Å². The Kier molecular flexibility index (Phi) is 10.7. The average Bonchev–Trinajstić information content (AvgIpc) is 3.98. The molecule has 334 valence electrons. The van der Waals surface area contributed by atoms with Gasteiger partial charge in [0.1, 0.15) is 23.6 Å². The first-order chi connectivity index (χ1) is 30.3. The number of amides is 3. The van der Waals surface area contributed by atoms with Crippen molar-refractivity contribution in [3.8, 4) is 5.75 Å². The lowest BCUT2D eigenvalue weighted by Gasteiger charge is -2.47. The zero-order chi connectivity index (χ0) is 43.9. The largest absolute Gasteiger partial charge is 0.496 e. The van der Waals surface area contributed by atoms with Gasteiger partial charge in [0.05, 0.1) is 44.0 Å². The Hall–Kier alpha value is -5.10. The van der Waals surface area contributed by atoms with Gasteiger partial charge in [-0.05, 0) is 91.8 Å². The zero-order valence-electron chi connectivity index (χ0n) is 35.4. The van der Waals surface area contributed by atoms with E-state index in [1.165, 1.54) is 17.0 Å². The van der Waals surface area contributed by atoms with Gasteiger partial charge in [-0.15, -0.1) is 0 Å². The Labute approximate surface area is 362 Å². The van der Waals surface area contributed by atoms with Crippen LogP contribution in [0.5, 0.6) is 5.75 Å². The number of carbonyl (C=O) groups is 3. The van der Waals surface area contributed by atoms with Crippen LogP contribution in [-0.2, 0) is 40.4 Å². The summed E-state index contributed by atoms with van der Waals surface area (Å²) in [4.78, 5) is 47.3. The first-order valence-corrected chi connectivity index (χ1v) is 22.0. The normalized spacial score (nSPS) is 25.2. The molecule has 0 radical (unpaired) electrons. The maximum atomic E-state index is 16.4. The number of hydrogen-bond donors (Lipinski definition) is 3. The number of benzene rings is 3. The van der Waals surface area contributed by atoms with E-state index in [-0.39, 0.29) is 35.8 Å². The number of anilines is 1. The third-order valence-corrected chi connectivity index (χ3v) is 15.0. The number of aliphatic hydroxyl groups excluding tert-OH is 1. The van der Waals surface area contributed by atoms with Crippen molar-refractivity contribution in [2.75, 3.05) is 51.3 Å². The van der Waals surface area contributed by atoms with Crippen molar-refractivity contribution < 1.29 is 41.8 Å². The summed E-state index contributed by atoms with van der Waals surface area (Å²) in [6, 6.07) is 6.18. The standard InChI is InChI=1S/C46H52F4N8O5/c1-25-15-29-28(3-4-36-31(29)19-51-53-36)42(57(25)23-38(49)50)41-34(47)17-27(18-35(41)48)55-11-7-46(8-12-55)9-13-56(14-10-46)40(60)24-54-20-26-16-30-33(43(63-2)32(26)21-54)22-58(45(30)62)37-5-6-39(59)52-44(37)61/h3-4,16-19,25,37-38,42,45,62H,5-15,20-24H2,1-2H3,(H,51,53)(H,52,59,61)/t25-,37?,42+,45?/m1/s1. The van der Waals surface area contributed by atoms with Gasteiger partial charge < -0.3 is 19.6 Å². The number of aliphatic hydroxyl groups is 1. The van der Waals surface area contributed by atoms with E-state index in [2.05, 4.69) is 20.4 Å². The maximum Gasteiger partial charge on any atom is 0.251 e. The van der Waals surface area contributed by atoms with Crippen LogP contribution >= 0.6 is 0 Å². The minimum Gasteiger partial charge on any atom is -0.496 e. The highest BCUT2D eigenvalue weighted by Gasteiger charge is 2.44. The summed E-state index contributed by atoms with van der Waals surface area (Å²) < 4.78 is 66.5. The van der Waals surface area contributed by atoms with E-state index in [1.54, 1.807) is 30.3 Å². The summed E-state index contributed by atoms with van der Waals surface area (Å²) in [6.45, 7) is 5.22. The molecule has 0 aliphatic carbocycles. The third kappa shape index (κ3) is 7.34. The predicted molar refractivity (Wildman–Crippen MR) is 224 cm³/mol. The second kappa shape index (κ2) is 16.2. The Balaban J connectivity index is 0.764. The molecule has 10 rings (SSSR count). The van der Waals surface area contributed by atoms with Gasteiger partial charge in [-0.3, -0.25) is 39.5 Å². The summed E-state index contributed by atoms with van der Waals surface area (Å²) in [5.74, 6) is -1.52. The Morgan fingerprint density at radius 3 is 2.40 bits per heavy atom. The van der Waals surface area contributed by atoms with E-state index < -0.39 is 54.9 Å². The highest BCUT2D eigenvalue weighted by atomic mass is 19.3. The number of halogens is 4. The highest BCUT2D eigenvalue weighted by Crippen LogP contribution is 2.47. The van der Waals surface area contributed by atoms with Gasteiger partial charge >= 0.3 is 0 Å². The number of ether oxygens (including phenoxy) is 1. The van der Waals surface area contributed by atoms with Crippen LogP contribution in [0.25, 0.3) is 10.9 Å². The minimum atomic E-state index is -2.68. The zero-order valence-corrected chi connectivity index (χ0v) is 35.4. The van der Waals surface area contributed by atoms with Crippen LogP contribution < -0.4 is 15.0 Å². The molecule has 13 nitrogen and oxygen atoms in total. The SMILES string of the molecule is COc1c2c(cc3c1CN(C1CCC(=O)NC1=O)C3O)CN(CC(=O)N1CCC3(CC1)CCN(c1cc(F)c([C@@H]4c5ccc6[nH]ncc6c5C[C@@H](C)N4CC(F)F)c(F)c1)CC3)C2. The number of aromatic nitrogens is 2. The van der Waals surface area contributed by atoms with E-state index in [0.29, 0.717) is 81.2 Å². The van der Waals surface area contributed by atoms with Crippen LogP contribution in [0.2, 0.25) is 0 Å². The summed E-state index contributed by atoms with van der Waals surface area (Å²) in [5.41, 5.74) is 5.91. The predicted octanol–water partition coefficient (Wildman–Crippen LogP) is 5.29. The van der Waals surface area contributed by atoms with Crippen molar-refractivity contribution in [1.82, 2.24) is 35.1 Å². The Morgan fingerprint density at radius 1 is 0.968 bits per heavy atom. The lowest BCUT2D eigenvalue weighted by molar-refractivity contribution is -0.142. The van der Waals surface area contributed by atoms with E-state index in [9.17, 15) is 28.3 Å². The van der Waals surface area contributed by atoms with Crippen molar-refractivity contribution >= 4 is 34.3 Å². The fourth-order valence-corrected chi connectivity index (χ4v) is 11.6. The first kappa shape index (κ1) is 41.9. The fraction of sp³-hybridized carbons (Fsp3) is 0.522. The molecule has 63 heavy (non-hydrogen) atoms. The average molecular weight is 873 g/mol. The smallest absolute Gasteiger partial charge is 0.251 e. The second-order valence-corrected chi connectivity index (χ2v) is 18.5. The van der Waals surface area contributed by atoms with Crippen molar-refractivity contribution in [3.63, 3.8) is 0 Å². The summed E-state index contributed by atoms with van der Waals surface area (Å²) in [6.07, 6.45) is 2.27. The number of nitrogens with zero attached hydrogens (tertiary/aromatic N) is 6. The molecule has 3 fully saturated rings. The van der Waals surface area contributed by atoms with Crippen LogP contribution in [-0.4, -0.2) is 118 Å². The van der Waals surface area contributed by atoms with E-state index in [0.717, 1.165) is 58.8 Å². The summed E-state index contributed by atoms with van der Waals surface area (Å²) >= 11 is 0. The van der Waals surface area contributed by atoms with Gasteiger partial charge in [0.25, 0.3) is 6.43 Å². The van der Waals surface area contributed by atoms with Crippen molar-refractivity contribution in [2.24, 2.45) is 5.41 Å². The molecule has 4 atom stereocenters. The Morgan fingerprint density at radius 2 is 1.70 bits per heavy atom.